The van der Waals surface area contributed by atoms with Crippen LogP contribution in [0.2, 0.25) is 0 Å². The number of nitrogens with zero attached hydrogens (tertiary/aromatic N) is 1. The Morgan fingerprint density at radius 2 is 1.92 bits per heavy atom. The molecule has 0 radical (unpaired) electrons. The van der Waals surface area contributed by atoms with E-state index in [2.05, 4.69) is 32.9 Å². The van der Waals surface area contributed by atoms with E-state index in [9.17, 15) is 9.90 Å². The number of rotatable bonds is 2. The molecule has 0 aliphatic carbocycles. The van der Waals surface area contributed by atoms with Crippen molar-refractivity contribution in [2.24, 2.45) is 5.92 Å². The van der Waals surface area contributed by atoms with Gasteiger partial charge in [-0.3, -0.25) is 4.79 Å². The Morgan fingerprint density at radius 3 is 2.54 bits per heavy atom. The smallest absolute Gasteiger partial charge is 0.254 e. The predicted octanol–water partition coefficient (Wildman–Crippen LogP) is 2.99. The van der Waals surface area contributed by atoms with Gasteiger partial charge in [-0.25, -0.2) is 0 Å². The molecule has 132 valence electrons. The lowest BCUT2D eigenvalue weighted by Gasteiger charge is -2.37. The first-order chi connectivity index (χ1) is 11.4. The van der Waals surface area contributed by atoms with Gasteiger partial charge in [-0.1, -0.05) is 32.9 Å². The highest BCUT2D eigenvalue weighted by Gasteiger charge is 2.39. The fraction of sp³-hybridized carbons (Fsp3) is 0.650. The van der Waals surface area contributed by atoms with Crippen LogP contribution in [0.3, 0.4) is 0 Å². The van der Waals surface area contributed by atoms with Gasteiger partial charge < -0.3 is 14.7 Å². The van der Waals surface area contributed by atoms with Crippen LogP contribution in [-0.2, 0) is 10.2 Å². The van der Waals surface area contributed by atoms with Gasteiger partial charge in [0, 0.05) is 30.7 Å². The Morgan fingerprint density at radius 1 is 1.21 bits per heavy atom. The van der Waals surface area contributed by atoms with Crippen LogP contribution >= 0.6 is 0 Å². The van der Waals surface area contributed by atoms with Crippen molar-refractivity contribution in [3.05, 3.63) is 35.4 Å². The van der Waals surface area contributed by atoms with Crippen molar-refractivity contribution < 1.29 is 14.6 Å². The van der Waals surface area contributed by atoms with Gasteiger partial charge in [-0.2, -0.15) is 0 Å². The van der Waals surface area contributed by atoms with Crippen molar-refractivity contribution in [2.75, 3.05) is 19.8 Å². The number of carbonyl (C=O) groups excluding carboxylic acids is 1. The molecule has 2 fully saturated rings. The number of hydrogen-bond acceptors (Lipinski definition) is 3. The lowest BCUT2D eigenvalue weighted by molar-refractivity contribution is -0.0589. The molecule has 0 bridgehead atoms. The Hall–Kier alpha value is -1.39. The molecule has 0 unspecified atom stereocenters. The number of amides is 1. The second-order valence-electron chi connectivity index (χ2n) is 8.13. The standard InChI is InChI=1S/C20H29NO3/c1-20(2,3)15-8-6-14(7-9-15)19(23)21-11-4-5-17(21)16-13-24-12-10-18(16)22/h6-9,16-18,22H,4-5,10-13H2,1-3H3/t16-,17-,18+/m1/s1. The van der Waals surface area contributed by atoms with Crippen LogP contribution in [0.25, 0.3) is 0 Å². The van der Waals surface area contributed by atoms with E-state index < -0.39 is 0 Å². The summed E-state index contributed by atoms with van der Waals surface area (Å²) in [6, 6.07) is 8.07. The Labute approximate surface area is 144 Å². The van der Waals surface area contributed by atoms with Crippen LogP contribution in [0, 0.1) is 5.92 Å². The minimum absolute atomic E-state index is 0.0408. The highest BCUT2D eigenvalue weighted by Crippen LogP contribution is 2.31. The molecule has 1 N–H and O–H groups in total. The molecule has 0 saturated carbocycles. The Balaban J connectivity index is 1.76. The lowest BCUT2D eigenvalue weighted by Crippen LogP contribution is -2.48. The molecule has 2 aliphatic heterocycles. The van der Waals surface area contributed by atoms with E-state index in [-0.39, 0.29) is 29.4 Å². The van der Waals surface area contributed by atoms with E-state index in [1.165, 1.54) is 5.56 Å². The van der Waals surface area contributed by atoms with E-state index in [1.54, 1.807) is 0 Å². The third-order valence-electron chi connectivity index (χ3n) is 5.41. The van der Waals surface area contributed by atoms with Crippen LogP contribution in [0.1, 0.15) is 56.0 Å². The van der Waals surface area contributed by atoms with Crippen LogP contribution in [0.5, 0.6) is 0 Å². The van der Waals surface area contributed by atoms with E-state index in [1.807, 2.05) is 17.0 Å². The van der Waals surface area contributed by atoms with E-state index in [0.717, 1.165) is 24.9 Å². The maximum absolute atomic E-state index is 13.0. The van der Waals surface area contributed by atoms with Crippen molar-refractivity contribution in [1.82, 2.24) is 4.90 Å². The first-order valence-corrected chi connectivity index (χ1v) is 9.05. The summed E-state index contributed by atoms with van der Waals surface area (Å²) in [6.45, 7) is 8.46. The molecular weight excluding hydrogens is 302 g/mol. The number of aliphatic hydroxyl groups excluding tert-OH is 1. The molecule has 2 heterocycles. The Bertz CT molecular complexity index is 576. The second kappa shape index (κ2) is 6.85. The van der Waals surface area contributed by atoms with Gasteiger partial charge in [0.1, 0.15) is 0 Å². The largest absolute Gasteiger partial charge is 0.393 e. The third-order valence-corrected chi connectivity index (χ3v) is 5.41. The summed E-state index contributed by atoms with van der Waals surface area (Å²) in [7, 11) is 0. The number of ether oxygens (including phenoxy) is 1. The minimum atomic E-state index is -0.361. The number of benzene rings is 1. The van der Waals surface area contributed by atoms with E-state index in [4.69, 9.17) is 4.74 Å². The van der Waals surface area contributed by atoms with Crippen molar-refractivity contribution in [3.8, 4) is 0 Å². The van der Waals surface area contributed by atoms with Crippen LogP contribution in [0.4, 0.5) is 0 Å². The predicted molar refractivity (Wildman–Crippen MR) is 94.1 cm³/mol. The zero-order valence-electron chi connectivity index (χ0n) is 15.0. The molecule has 1 aromatic carbocycles. The summed E-state index contributed by atoms with van der Waals surface area (Å²) in [4.78, 5) is 14.9. The van der Waals surface area contributed by atoms with Gasteiger partial charge in [0.25, 0.3) is 5.91 Å². The number of aliphatic hydroxyl groups is 1. The van der Waals surface area contributed by atoms with Gasteiger partial charge in [0.15, 0.2) is 0 Å². The molecule has 2 saturated heterocycles. The summed E-state index contributed by atoms with van der Waals surface area (Å²) in [5.74, 6) is 0.120. The molecular formula is C20H29NO3. The molecule has 3 rings (SSSR count). The third kappa shape index (κ3) is 3.50. The first-order valence-electron chi connectivity index (χ1n) is 9.05. The van der Waals surface area contributed by atoms with Crippen molar-refractivity contribution >= 4 is 5.91 Å². The highest BCUT2D eigenvalue weighted by molar-refractivity contribution is 5.94. The molecule has 3 atom stereocenters. The van der Waals surface area contributed by atoms with Crippen molar-refractivity contribution in [3.63, 3.8) is 0 Å². The lowest BCUT2D eigenvalue weighted by atomic mass is 9.86. The number of carbonyl (C=O) groups is 1. The fourth-order valence-electron chi connectivity index (χ4n) is 3.88. The summed E-state index contributed by atoms with van der Waals surface area (Å²) >= 11 is 0. The van der Waals surface area contributed by atoms with Crippen molar-refractivity contribution in [2.45, 2.75) is 57.6 Å². The quantitative estimate of drug-likeness (QED) is 0.906. The van der Waals surface area contributed by atoms with Crippen LogP contribution in [0.15, 0.2) is 24.3 Å². The van der Waals surface area contributed by atoms with E-state index in [0.29, 0.717) is 19.6 Å². The molecule has 4 nitrogen and oxygen atoms in total. The zero-order valence-corrected chi connectivity index (χ0v) is 15.0. The summed E-state index contributed by atoms with van der Waals surface area (Å²) in [5.41, 5.74) is 2.05. The monoisotopic (exact) mass is 331 g/mol. The topological polar surface area (TPSA) is 49.8 Å². The number of hydrogen-bond donors (Lipinski definition) is 1. The molecule has 1 aromatic rings. The molecule has 2 aliphatic rings. The normalized spacial score (nSPS) is 28.2. The zero-order chi connectivity index (χ0) is 17.3. The molecule has 0 aromatic heterocycles. The van der Waals surface area contributed by atoms with Gasteiger partial charge in [-0.05, 0) is 42.4 Å². The minimum Gasteiger partial charge on any atom is -0.393 e. The Kier molecular flexibility index (Phi) is 4.97. The summed E-state index contributed by atoms with van der Waals surface area (Å²) in [6.07, 6.45) is 2.26. The SMILES string of the molecule is CC(C)(C)c1ccc(C(=O)N2CCC[C@@H]2[C@H]2COCC[C@@H]2O)cc1. The number of likely N-dealkylation sites (tertiary alicyclic amines) is 1. The van der Waals surface area contributed by atoms with Crippen LogP contribution < -0.4 is 0 Å². The average molecular weight is 331 g/mol. The van der Waals surface area contributed by atoms with Gasteiger partial charge in [-0.15, -0.1) is 0 Å². The van der Waals surface area contributed by atoms with Gasteiger partial charge >= 0.3 is 0 Å². The van der Waals surface area contributed by atoms with Crippen LogP contribution in [-0.4, -0.2) is 47.8 Å². The van der Waals surface area contributed by atoms with Gasteiger partial charge in [0.2, 0.25) is 0 Å². The average Bonchev–Trinajstić information content (AvgIpc) is 3.03. The fourth-order valence-corrected chi connectivity index (χ4v) is 3.88. The molecule has 4 heteroatoms. The van der Waals surface area contributed by atoms with Gasteiger partial charge in [0.05, 0.1) is 12.7 Å². The summed E-state index contributed by atoms with van der Waals surface area (Å²) < 4.78 is 5.55. The summed E-state index contributed by atoms with van der Waals surface area (Å²) in [5, 5.41) is 10.3. The second-order valence-corrected chi connectivity index (χ2v) is 8.13. The molecule has 1 amide bonds. The first kappa shape index (κ1) is 17.4. The molecule has 24 heavy (non-hydrogen) atoms. The van der Waals surface area contributed by atoms with E-state index >= 15 is 0 Å². The maximum atomic E-state index is 13.0. The highest BCUT2D eigenvalue weighted by atomic mass is 16.5. The maximum Gasteiger partial charge on any atom is 0.254 e. The van der Waals surface area contributed by atoms with Crippen molar-refractivity contribution in [1.29, 1.82) is 0 Å². The molecule has 0 spiro atoms.